The minimum absolute atomic E-state index is 0.361. The lowest BCUT2D eigenvalue weighted by molar-refractivity contribution is -0.159. The van der Waals surface area contributed by atoms with Gasteiger partial charge in [-0.05, 0) is 61.7 Å². The standard InChI is InChI=1S/C22H21FN2O3/c1-15(20(26)25-19-10-4-16(14-24)5-11-19)28-21(27)22(12-2-3-13-22)17-6-8-18(23)9-7-17/h4-11,15H,2-3,12-13H2,1H3,(H,25,26)/t15-/m1/s1. The van der Waals surface area contributed by atoms with E-state index in [-0.39, 0.29) is 5.82 Å². The minimum Gasteiger partial charge on any atom is -0.452 e. The van der Waals surface area contributed by atoms with Crippen LogP contribution in [-0.4, -0.2) is 18.0 Å². The van der Waals surface area contributed by atoms with Crippen LogP contribution in [0.3, 0.4) is 0 Å². The fraction of sp³-hybridized carbons (Fsp3) is 0.318. The third-order valence-corrected chi connectivity index (χ3v) is 5.18. The number of carbonyl (C=O) groups is 2. The molecule has 0 radical (unpaired) electrons. The fourth-order valence-corrected chi connectivity index (χ4v) is 3.56. The molecule has 144 valence electrons. The zero-order chi connectivity index (χ0) is 20.1. The van der Waals surface area contributed by atoms with Crippen molar-refractivity contribution >= 4 is 17.6 Å². The molecule has 1 saturated carbocycles. The second kappa shape index (κ2) is 8.22. The van der Waals surface area contributed by atoms with E-state index in [1.165, 1.54) is 19.1 Å². The van der Waals surface area contributed by atoms with Gasteiger partial charge >= 0.3 is 5.97 Å². The Kier molecular flexibility index (Phi) is 5.74. The van der Waals surface area contributed by atoms with Gasteiger partial charge in [0.2, 0.25) is 0 Å². The molecule has 0 aliphatic heterocycles. The van der Waals surface area contributed by atoms with Crippen molar-refractivity contribution < 1.29 is 18.7 Å². The molecule has 3 rings (SSSR count). The second-order valence-electron chi connectivity index (χ2n) is 7.02. The Labute approximate surface area is 163 Å². The van der Waals surface area contributed by atoms with Crippen LogP contribution in [0.15, 0.2) is 48.5 Å². The van der Waals surface area contributed by atoms with Crippen molar-refractivity contribution in [1.29, 1.82) is 5.26 Å². The molecule has 1 N–H and O–H groups in total. The second-order valence-corrected chi connectivity index (χ2v) is 7.02. The summed E-state index contributed by atoms with van der Waals surface area (Å²) in [5, 5.41) is 11.5. The highest BCUT2D eigenvalue weighted by atomic mass is 19.1. The predicted molar refractivity (Wildman–Crippen MR) is 102 cm³/mol. The number of anilines is 1. The van der Waals surface area contributed by atoms with Crippen LogP contribution in [0.2, 0.25) is 0 Å². The predicted octanol–water partition coefficient (Wildman–Crippen LogP) is 4.08. The van der Waals surface area contributed by atoms with Gasteiger partial charge in [0.25, 0.3) is 5.91 Å². The van der Waals surface area contributed by atoms with Gasteiger partial charge in [-0.15, -0.1) is 0 Å². The number of ether oxygens (including phenoxy) is 1. The van der Waals surface area contributed by atoms with Crippen LogP contribution in [0.1, 0.15) is 43.7 Å². The molecular weight excluding hydrogens is 359 g/mol. The van der Waals surface area contributed by atoms with Gasteiger partial charge in [0.05, 0.1) is 17.0 Å². The van der Waals surface area contributed by atoms with E-state index in [1.807, 2.05) is 6.07 Å². The number of amides is 1. The molecule has 0 heterocycles. The van der Waals surface area contributed by atoms with Gasteiger partial charge in [-0.3, -0.25) is 9.59 Å². The van der Waals surface area contributed by atoms with Crippen LogP contribution in [0, 0.1) is 17.1 Å². The van der Waals surface area contributed by atoms with E-state index < -0.39 is 23.4 Å². The van der Waals surface area contributed by atoms with Crippen molar-refractivity contribution in [2.24, 2.45) is 0 Å². The molecular formula is C22H21FN2O3. The van der Waals surface area contributed by atoms with Crippen molar-refractivity contribution in [1.82, 2.24) is 0 Å². The summed E-state index contributed by atoms with van der Waals surface area (Å²) in [6.07, 6.45) is 1.99. The molecule has 0 spiro atoms. The lowest BCUT2D eigenvalue weighted by Crippen LogP contribution is -2.39. The summed E-state index contributed by atoms with van der Waals surface area (Å²) in [4.78, 5) is 25.4. The van der Waals surface area contributed by atoms with Gasteiger partial charge in [-0.25, -0.2) is 4.39 Å². The molecule has 5 nitrogen and oxygen atoms in total. The Morgan fingerprint density at radius 1 is 1.11 bits per heavy atom. The minimum atomic E-state index is -0.985. The Hall–Kier alpha value is -3.20. The van der Waals surface area contributed by atoms with Crippen LogP contribution in [0.5, 0.6) is 0 Å². The van der Waals surface area contributed by atoms with E-state index in [9.17, 15) is 14.0 Å². The zero-order valence-electron chi connectivity index (χ0n) is 15.6. The summed E-state index contributed by atoms with van der Waals surface area (Å²) in [5.74, 6) is -1.27. The first-order valence-corrected chi connectivity index (χ1v) is 9.23. The largest absolute Gasteiger partial charge is 0.452 e. The lowest BCUT2D eigenvalue weighted by atomic mass is 9.79. The maximum absolute atomic E-state index is 13.3. The van der Waals surface area contributed by atoms with Gasteiger partial charge in [-0.1, -0.05) is 25.0 Å². The highest BCUT2D eigenvalue weighted by Crippen LogP contribution is 2.42. The Morgan fingerprint density at radius 3 is 2.29 bits per heavy atom. The third kappa shape index (κ3) is 4.04. The highest BCUT2D eigenvalue weighted by molar-refractivity contribution is 5.96. The average Bonchev–Trinajstić information content (AvgIpc) is 3.20. The summed E-state index contributed by atoms with van der Waals surface area (Å²) in [6.45, 7) is 1.52. The van der Waals surface area contributed by atoms with Crippen LogP contribution < -0.4 is 5.32 Å². The molecule has 2 aromatic rings. The highest BCUT2D eigenvalue weighted by Gasteiger charge is 2.45. The lowest BCUT2D eigenvalue weighted by Gasteiger charge is -2.28. The Morgan fingerprint density at radius 2 is 1.71 bits per heavy atom. The molecule has 0 bridgehead atoms. The molecule has 28 heavy (non-hydrogen) atoms. The molecule has 6 heteroatoms. The van der Waals surface area contributed by atoms with Gasteiger partial charge in [0.15, 0.2) is 6.10 Å². The maximum atomic E-state index is 13.3. The number of hydrogen-bond donors (Lipinski definition) is 1. The number of nitriles is 1. The SMILES string of the molecule is C[C@@H](OC(=O)C1(c2ccc(F)cc2)CCCC1)C(=O)Nc1ccc(C#N)cc1. The maximum Gasteiger partial charge on any atom is 0.317 e. The average molecular weight is 380 g/mol. The smallest absolute Gasteiger partial charge is 0.317 e. The summed E-state index contributed by atoms with van der Waals surface area (Å²) in [6, 6.07) is 14.3. The van der Waals surface area contributed by atoms with Crippen molar-refractivity contribution in [3.05, 3.63) is 65.5 Å². The number of carbonyl (C=O) groups excluding carboxylic acids is 2. The van der Waals surface area contributed by atoms with E-state index >= 15 is 0 Å². The molecule has 1 aliphatic rings. The number of nitrogens with one attached hydrogen (secondary N) is 1. The van der Waals surface area contributed by atoms with Gasteiger partial charge < -0.3 is 10.1 Å². The van der Waals surface area contributed by atoms with Crippen molar-refractivity contribution in [2.75, 3.05) is 5.32 Å². The third-order valence-electron chi connectivity index (χ3n) is 5.18. The molecule has 0 aromatic heterocycles. The van der Waals surface area contributed by atoms with E-state index in [0.717, 1.165) is 18.4 Å². The summed E-state index contributed by atoms with van der Waals surface area (Å²) >= 11 is 0. The topological polar surface area (TPSA) is 79.2 Å². The van der Waals surface area contributed by atoms with Gasteiger partial charge in [0, 0.05) is 5.69 Å². The zero-order valence-corrected chi connectivity index (χ0v) is 15.6. The Bertz CT molecular complexity index is 895. The van der Waals surface area contributed by atoms with Crippen LogP contribution in [-0.2, 0) is 19.7 Å². The number of hydrogen-bond acceptors (Lipinski definition) is 4. The molecule has 1 aliphatic carbocycles. The van der Waals surface area contributed by atoms with Crippen LogP contribution >= 0.6 is 0 Å². The van der Waals surface area contributed by atoms with E-state index in [0.29, 0.717) is 24.1 Å². The summed E-state index contributed by atoms with van der Waals surface area (Å²) in [7, 11) is 0. The first kappa shape index (κ1) is 19.6. The number of rotatable bonds is 5. The van der Waals surface area contributed by atoms with Gasteiger partial charge in [0.1, 0.15) is 5.82 Å². The van der Waals surface area contributed by atoms with Crippen molar-refractivity contribution in [3.8, 4) is 6.07 Å². The fourth-order valence-electron chi connectivity index (χ4n) is 3.56. The number of halogens is 1. The number of esters is 1. The number of nitrogens with zero attached hydrogens (tertiary/aromatic N) is 1. The molecule has 1 fully saturated rings. The quantitative estimate of drug-likeness (QED) is 0.793. The van der Waals surface area contributed by atoms with Gasteiger partial charge in [-0.2, -0.15) is 5.26 Å². The Balaban J connectivity index is 1.69. The van der Waals surface area contributed by atoms with Crippen LogP contribution in [0.4, 0.5) is 10.1 Å². The summed E-state index contributed by atoms with van der Waals surface area (Å²) in [5.41, 5.74) is 0.883. The normalized spacial score (nSPS) is 16.0. The van der Waals surface area contributed by atoms with Crippen molar-refractivity contribution in [3.63, 3.8) is 0 Å². The molecule has 0 saturated heterocycles. The van der Waals surface area contributed by atoms with E-state index in [1.54, 1.807) is 36.4 Å². The number of benzene rings is 2. The molecule has 2 aromatic carbocycles. The van der Waals surface area contributed by atoms with Crippen LogP contribution in [0.25, 0.3) is 0 Å². The molecule has 0 unspecified atom stereocenters. The molecule has 1 atom stereocenters. The first-order valence-electron chi connectivity index (χ1n) is 9.23. The summed E-state index contributed by atoms with van der Waals surface area (Å²) < 4.78 is 18.8. The first-order chi connectivity index (χ1) is 13.4. The van der Waals surface area contributed by atoms with E-state index in [4.69, 9.17) is 10.00 Å². The van der Waals surface area contributed by atoms with E-state index in [2.05, 4.69) is 5.32 Å². The van der Waals surface area contributed by atoms with Crippen molar-refractivity contribution in [2.45, 2.75) is 44.1 Å². The molecule has 1 amide bonds. The monoisotopic (exact) mass is 380 g/mol.